The zero-order chi connectivity index (χ0) is 29.1. The highest BCUT2D eigenvalue weighted by Gasteiger charge is 2.40. The van der Waals surface area contributed by atoms with Crippen LogP contribution in [-0.2, 0) is 16.1 Å². The summed E-state index contributed by atoms with van der Waals surface area (Å²) in [6, 6.07) is 7.74. The number of nitrogens with one attached hydrogen (secondary N) is 3. The van der Waals surface area contributed by atoms with Gasteiger partial charge in [0, 0.05) is 37.9 Å². The third kappa shape index (κ3) is 6.59. The number of hydrogen-bond donors (Lipinski definition) is 3. The Kier molecular flexibility index (Phi) is 8.41. The molecule has 2 amide bonds. The van der Waals surface area contributed by atoms with E-state index in [0.29, 0.717) is 40.8 Å². The maximum absolute atomic E-state index is 13.0. The molecule has 11 heteroatoms. The Morgan fingerprint density at radius 1 is 1.10 bits per heavy atom. The van der Waals surface area contributed by atoms with Crippen molar-refractivity contribution in [3.63, 3.8) is 0 Å². The van der Waals surface area contributed by atoms with E-state index in [1.807, 2.05) is 35.1 Å². The fourth-order valence-corrected chi connectivity index (χ4v) is 6.94. The number of piperidine rings is 1. The minimum atomic E-state index is -0.264. The number of anilines is 4. The summed E-state index contributed by atoms with van der Waals surface area (Å²) in [5.74, 6) is 3.24. The van der Waals surface area contributed by atoms with Crippen LogP contribution in [0.2, 0.25) is 5.02 Å². The van der Waals surface area contributed by atoms with Crippen LogP contribution in [0.25, 0.3) is 0 Å². The molecule has 2 saturated carbocycles. The number of amides is 2. The minimum absolute atomic E-state index is 0.252. The molecule has 1 aromatic carbocycles. The smallest absolute Gasteiger partial charge is 0.247 e. The average molecular weight is 589 g/mol. The van der Waals surface area contributed by atoms with Crippen LogP contribution in [-0.4, -0.2) is 49.6 Å². The van der Waals surface area contributed by atoms with Gasteiger partial charge >= 0.3 is 0 Å². The number of benzene rings is 1. The monoisotopic (exact) mass is 588 g/mol. The van der Waals surface area contributed by atoms with Gasteiger partial charge in [-0.15, -0.1) is 0 Å². The van der Waals surface area contributed by atoms with Crippen LogP contribution in [0.3, 0.4) is 0 Å². The van der Waals surface area contributed by atoms with E-state index in [0.717, 1.165) is 55.4 Å². The van der Waals surface area contributed by atoms with E-state index >= 15 is 0 Å². The summed E-state index contributed by atoms with van der Waals surface area (Å²) in [7, 11) is 0. The summed E-state index contributed by atoms with van der Waals surface area (Å²) in [5.41, 5.74) is 2.41. The maximum atomic E-state index is 13.0. The average Bonchev–Trinajstić information content (AvgIpc) is 3.76. The van der Waals surface area contributed by atoms with Gasteiger partial charge in [-0.3, -0.25) is 14.3 Å². The molecule has 42 heavy (non-hydrogen) atoms. The van der Waals surface area contributed by atoms with E-state index in [4.69, 9.17) is 11.6 Å². The molecule has 2 aliphatic carbocycles. The lowest BCUT2D eigenvalue weighted by Gasteiger charge is -2.33. The minimum Gasteiger partial charge on any atom is -0.365 e. The van der Waals surface area contributed by atoms with Gasteiger partial charge in [-0.2, -0.15) is 10.1 Å². The second kappa shape index (κ2) is 12.5. The van der Waals surface area contributed by atoms with E-state index in [-0.39, 0.29) is 11.9 Å². The summed E-state index contributed by atoms with van der Waals surface area (Å²) >= 11 is 6.36. The first kappa shape index (κ1) is 28.2. The first-order valence-electron chi connectivity index (χ1n) is 14.8. The largest absolute Gasteiger partial charge is 0.365 e. The van der Waals surface area contributed by atoms with E-state index in [9.17, 15) is 9.59 Å². The first-order valence-corrected chi connectivity index (χ1v) is 15.2. The van der Waals surface area contributed by atoms with Crippen LogP contribution in [0.4, 0.5) is 23.1 Å². The van der Waals surface area contributed by atoms with Crippen LogP contribution in [0.15, 0.2) is 55.5 Å². The Labute approximate surface area is 250 Å². The summed E-state index contributed by atoms with van der Waals surface area (Å²) in [4.78, 5) is 35.5. The lowest BCUT2D eigenvalue weighted by Crippen LogP contribution is -2.40. The Morgan fingerprint density at radius 3 is 2.71 bits per heavy atom. The van der Waals surface area contributed by atoms with Gasteiger partial charge in [0.05, 0.1) is 24.1 Å². The quantitative estimate of drug-likeness (QED) is 0.256. The summed E-state index contributed by atoms with van der Waals surface area (Å²) in [6.45, 7) is 5.50. The second-order valence-electron chi connectivity index (χ2n) is 11.7. The molecule has 3 aliphatic rings. The molecular weight excluding hydrogens is 552 g/mol. The Balaban J connectivity index is 1.00. The fraction of sp³-hybridized carbons (Fsp3) is 0.452. The van der Waals surface area contributed by atoms with Gasteiger partial charge in [-0.25, -0.2) is 4.98 Å². The molecule has 3 heterocycles. The Hall–Kier alpha value is -3.92. The first-order chi connectivity index (χ1) is 20.4. The SMILES string of the molecule is C=CC(=O)Nc1cccc(CNc2nc(Nc3cnn(C4CCN(C(=O)CC5C[C@H]6CC[C@@H]5C6)CC4)c3)ncc2Cl)c1. The number of nitrogens with zero attached hydrogens (tertiary/aromatic N) is 5. The van der Waals surface area contributed by atoms with Crippen molar-refractivity contribution in [3.05, 3.63) is 66.1 Å². The van der Waals surface area contributed by atoms with Crippen LogP contribution >= 0.6 is 11.6 Å². The van der Waals surface area contributed by atoms with Gasteiger partial charge in [0.1, 0.15) is 5.02 Å². The van der Waals surface area contributed by atoms with Gasteiger partial charge in [-0.05, 0) is 73.6 Å². The predicted octanol–water partition coefficient (Wildman–Crippen LogP) is 5.80. The van der Waals surface area contributed by atoms with Gasteiger partial charge < -0.3 is 20.9 Å². The molecule has 6 rings (SSSR count). The summed E-state index contributed by atoms with van der Waals surface area (Å²) in [6.07, 6.45) is 14.3. The van der Waals surface area contributed by atoms with Crippen molar-refractivity contribution in [3.8, 4) is 0 Å². The van der Waals surface area contributed by atoms with Crippen molar-refractivity contribution in [2.75, 3.05) is 29.0 Å². The third-order valence-corrected chi connectivity index (χ3v) is 9.23. The van der Waals surface area contributed by atoms with E-state index < -0.39 is 0 Å². The Morgan fingerprint density at radius 2 is 1.95 bits per heavy atom. The normalized spacial score (nSPS) is 21.7. The number of hydrogen-bond acceptors (Lipinski definition) is 7. The van der Waals surface area contributed by atoms with E-state index in [1.165, 1.54) is 31.8 Å². The lowest BCUT2D eigenvalue weighted by atomic mass is 9.86. The van der Waals surface area contributed by atoms with Crippen molar-refractivity contribution in [1.29, 1.82) is 0 Å². The molecule has 3 atom stereocenters. The topological polar surface area (TPSA) is 117 Å². The molecule has 10 nitrogen and oxygen atoms in total. The fourth-order valence-electron chi connectivity index (χ4n) is 6.78. The summed E-state index contributed by atoms with van der Waals surface area (Å²) < 4.78 is 1.98. The number of aromatic nitrogens is 4. The van der Waals surface area contributed by atoms with Crippen molar-refractivity contribution in [1.82, 2.24) is 24.6 Å². The summed E-state index contributed by atoms with van der Waals surface area (Å²) in [5, 5.41) is 14.2. The zero-order valence-corrected chi connectivity index (χ0v) is 24.4. The molecule has 3 aromatic rings. The highest BCUT2D eigenvalue weighted by Crippen LogP contribution is 2.49. The molecule has 220 valence electrons. The molecule has 3 N–H and O–H groups in total. The lowest BCUT2D eigenvalue weighted by molar-refractivity contribution is -0.134. The third-order valence-electron chi connectivity index (χ3n) is 8.95. The van der Waals surface area contributed by atoms with Gasteiger partial charge in [0.15, 0.2) is 5.82 Å². The molecular formula is C31H37ClN8O2. The molecule has 2 aromatic heterocycles. The molecule has 1 saturated heterocycles. The standard InChI is InChI=1S/C31H37ClN8O2/c1-2-28(41)36-24-5-3-4-21(14-24)16-33-30-27(32)18-34-31(38-30)37-25-17-35-40(19-25)26-8-10-39(11-9-26)29(42)15-23-13-20-6-7-22(23)12-20/h2-5,14,17-20,22-23,26H,1,6-13,15-16H2,(H,36,41)(H2,33,34,37,38)/t20-,22+,23?/m0/s1. The van der Waals surface area contributed by atoms with E-state index in [2.05, 4.69) is 42.5 Å². The number of halogens is 1. The zero-order valence-electron chi connectivity index (χ0n) is 23.6. The van der Waals surface area contributed by atoms with E-state index in [1.54, 1.807) is 12.4 Å². The van der Waals surface area contributed by atoms with Crippen LogP contribution < -0.4 is 16.0 Å². The van der Waals surface area contributed by atoms with Crippen molar-refractivity contribution < 1.29 is 9.59 Å². The van der Waals surface area contributed by atoms with Gasteiger partial charge in [-0.1, -0.05) is 36.7 Å². The molecule has 1 aliphatic heterocycles. The van der Waals surface area contributed by atoms with Crippen molar-refractivity contribution >= 4 is 46.6 Å². The number of fused-ring (bicyclic) bond motifs is 2. The second-order valence-corrected chi connectivity index (χ2v) is 12.1. The molecule has 0 radical (unpaired) electrons. The molecule has 2 bridgehead atoms. The molecule has 0 spiro atoms. The molecule has 1 unspecified atom stereocenters. The highest BCUT2D eigenvalue weighted by atomic mass is 35.5. The molecule has 3 fully saturated rings. The Bertz CT molecular complexity index is 1450. The van der Waals surface area contributed by atoms with Gasteiger partial charge in [0.25, 0.3) is 0 Å². The number of carbonyl (C=O) groups is 2. The number of rotatable bonds is 10. The van der Waals surface area contributed by atoms with Crippen LogP contribution in [0.1, 0.15) is 56.6 Å². The van der Waals surface area contributed by atoms with Crippen molar-refractivity contribution in [2.24, 2.45) is 17.8 Å². The van der Waals surface area contributed by atoms with Crippen LogP contribution in [0, 0.1) is 17.8 Å². The predicted molar refractivity (Wildman–Crippen MR) is 164 cm³/mol. The maximum Gasteiger partial charge on any atom is 0.247 e. The highest BCUT2D eigenvalue weighted by molar-refractivity contribution is 6.32. The van der Waals surface area contributed by atoms with Crippen molar-refractivity contribution in [2.45, 2.75) is 57.5 Å². The van der Waals surface area contributed by atoms with Gasteiger partial charge in [0.2, 0.25) is 17.8 Å². The number of carbonyl (C=O) groups excluding carboxylic acids is 2. The van der Waals surface area contributed by atoms with Crippen LogP contribution in [0.5, 0.6) is 0 Å². The number of likely N-dealkylation sites (tertiary alicyclic amines) is 1.